The Morgan fingerprint density at radius 2 is 2.05 bits per heavy atom. The molecule has 0 saturated heterocycles. The Hall–Kier alpha value is -0.840. The van der Waals surface area contributed by atoms with Gasteiger partial charge in [-0.3, -0.25) is 4.68 Å². The molecule has 0 spiro atoms. The van der Waals surface area contributed by atoms with Crippen molar-refractivity contribution in [1.29, 1.82) is 0 Å². The average Bonchev–Trinajstić information content (AvgIpc) is 3.07. The summed E-state index contributed by atoms with van der Waals surface area (Å²) in [6.45, 7) is 7.34. The van der Waals surface area contributed by atoms with Crippen LogP contribution in [-0.4, -0.2) is 9.78 Å². The monoisotopic (exact) mass is 311 g/mol. The van der Waals surface area contributed by atoms with E-state index in [-0.39, 0.29) is 0 Å². The second-order valence-corrected chi connectivity index (χ2v) is 6.75. The Balaban J connectivity index is 1.91. The van der Waals surface area contributed by atoms with Gasteiger partial charge in [0.05, 0.1) is 16.1 Å². The summed E-state index contributed by atoms with van der Waals surface area (Å²) < 4.78 is 2.93. The van der Waals surface area contributed by atoms with Crippen LogP contribution in [0.5, 0.6) is 0 Å². The molecular formula is C15H22ClN3S. The van der Waals surface area contributed by atoms with Crippen LogP contribution in [0.15, 0.2) is 24.4 Å². The maximum Gasteiger partial charge on any atom is 0.0931 e. The van der Waals surface area contributed by atoms with E-state index in [1.807, 2.05) is 6.07 Å². The zero-order valence-electron chi connectivity index (χ0n) is 12.3. The zero-order valence-corrected chi connectivity index (χ0v) is 13.8. The fourth-order valence-corrected chi connectivity index (χ4v) is 3.34. The molecule has 0 aliphatic rings. The lowest BCUT2D eigenvalue weighted by Gasteiger charge is -2.13. The van der Waals surface area contributed by atoms with Crippen LogP contribution < -0.4 is 5.32 Å². The lowest BCUT2D eigenvalue weighted by atomic mass is 10.2. The van der Waals surface area contributed by atoms with Crippen LogP contribution in [0.25, 0.3) is 0 Å². The van der Waals surface area contributed by atoms with Gasteiger partial charge in [0.15, 0.2) is 0 Å². The van der Waals surface area contributed by atoms with Gasteiger partial charge in [0.25, 0.3) is 0 Å². The predicted octanol–water partition coefficient (Wildman–Crippen LogP) is 4.81. The Morgan fingerprint density at radius 3 is 2.65 bits per heavy atom. The number of nitrogens with zero attached hydrogens (tertiary/aromatic N) is 2. The maximum atomic E-state index is 5.97. The summed E-state index contributed by atoms with van der Waals surface area (Å²) in [7, 11) is 0. The third kappa shape index (κ3) is 3.84. The SMILES string of the molecule is CCC(CC)n1ccc(CNC(C)c2ccc(Cl)s2)n1. The van der Waals surface area contributed by atoms with E-state index in [9.17, 15) is 0 Å². The van der Waals surface area contributed by atoms with E-state index in [2.05, 4.69) is 54.2 Å². The first-order valence-corrected chi connectivity index (χ1v) is 8.36. The minimum Gasteiger partial charge on any atom is -0.304 e. The Kier molecular flexibility index (Phi) is 5.64. The number of hydrogen-bond donors (Lipinski definition) is 1. The first-order valence-electron chi connectivity index (χ1n) is 7.16. The largest absolute Gasteiger partial charge is 0.304 e. The van der Waals surface area contributed by atoms with Crippen molar-refractivity contribution >= 4 is 22.9 Å². The molecular weight excluding hydrogens is 290 g/mol. The highest BCUT2D eigenvalue weighted by Gasteiger charge is 2.10. The molecule has 0 saturated carbocycles. The summed E-state index contributed by atoms with van der Waals surface area (Å²) in [6, 6.07) is 6.93. The van der Waals surface area contributed by atoms with Gasteiger partial charge in [-0.25, -0.2) is 0 Å². The highest BCUT2D eigenvalue weighted by Crippen LogP contribution is 2.26. The van der Waals surface area contributed by atoms with Crippen LogP contribution in [0.4, 0.5) is 0 Å². The Bertz CT molecular complexity index is 531. The summed E-state index contributed by atoms with van der Waals surface area (Å²) in [5, 5.41) is 8.15. The van der Waals surface area contributed by atoms with E-state index in [0.29, 0.717) is 12.1 Å². The maximum absolute atomic E-state index is 5.97. The standard InChI is InChI=1S/C15H22ClN3S/c1-4-13(5-2)19-9-8-12(18-19)10-17-11(3)14-6-7-15(16)20-14/h6-9,11,13,17H,4-5,10H2,1-3H3. The molecule has 110 valence electrons. The van der Waals surface area contributed by atoms with Crippen LogP contribution >= 0.6 is 22.9 Å². The first-order chi connectivity index (χ1) is 9.63. The van der Waals surface area contributed by atoms with Gasteiger partial charge in [-0.1, -0.05) is 25.4 Å². The van der Waals surface area contributed by atoms with Crippen molar-refractivity contribution < 1.29 is 0 Å². The molecule has 2 heterocycles. The van der Waals surface area contributed by atoms with E-state index in [1.165, 1.54) is 4.88 Å². The van der Waals surface area contributed by atoms with Crippen molar-refractivity contribution in [3.63, 3.8) is 0 Å². The lowest BCUT2D eigenvalue weighted by molar-refractivity contribution is 0.423. The van der Waals surface area contributed by atoms with Crippen molar-refractivity contribution in [2.75, 3.05) is 0 Å². The lowest BCUT2D eigenvalue weighted by Crippen LogP contribution is -2.18. The summed E-state index contributed by atoms with van der Waals surface area (Å²) in [4.78, 5) is 1.26. The summed E-state index contributed by atoms with van der Waals surface area (Å²) >= 11 is 7.59. The van der Waals surface area contributed by atoms with Crippen molar-refractivity contribution in [1.82, 2.24) is 15.1 Å². The fourth-order valence-electron chi connectivity index (χ4n) is 2.26. The van der Waals surface area contributed by atoms with Gasteiger partial charge in [0.2, 0.25) is 0 Å². The van der Waals surface area contributed by atoms with Crippen LogP contribution in [0.1, 0.15) is 56.3 Å². The summed E-state index contributed by atoms with van der Waals surface area (Å²) in [5.41, 5.74) is 1.09. The topological polar surface area (TPSA) is 29.9 Å². The van der Waals surface area contributed by atoms with Crippen LogP contribution in [-0.2, 0) is 6.54 Å². The molecule has 2 rings (SSSR count). The molecule has 1 unspecified atom stereocenters. The predicted molar refractivity (Wildman–Crippen MR) is 86.4 cm³/mol. The van der Waals surface area contributed by atoms with Gasteiger partial charge in [-0.15, -0.1) is 11.3 Å². The Morgan fingerprint density at radius 1 is 1.30 bits per heavy atom. The van der Waals surface area contributed by atoms with Crippen LogP contribution in [0.2, 0.25) is 4.34 Å². The van der Waals surface area contributed by atoms with Gasteiger partial charge < -0.3 is 5.32 Å². The van der Waals surface area contributed by atoms with E-state index < -0.39 is 0 Å². The van der Waals surface area contributed by atoms with Crippen LogP contribution in [0.3, 0.4) is 0 Å². The van der Waals surface area contributed by atoms with Crippen molar-refractivity contribution in [3.05, 3.63) is 39.3 Å². The number of thiophene rings is 1. The molecule has 0 aliphatic heterocycles. The van der Waals surface area contributed by atoms with E-state index >= 15 is 0 Å². The summed E-state index contributed by atoms with van der Waals surface area (Å²) in [5.74, 6) is 0. The smallest absolute Gasteiger partial charge is 0.0931 e. The molecule has 0 bridgehead atoms. The molecule has 20 heavy (non-hydrogen) atoms. The third-order valence-electron chi connectivity index (χ3n) is 3.59. The molecule has 0 radical (unpaired) electrons. The van der Waals surface area contributed by atoms with Gasteiger partial charge in [-0.05, 0) is 38.0 Å². The van der Waals surface area contributed by atoms with Gasteiger partial charge in [0.1, 0.15) is 0 Å². The molecule has 0 fully saturated rings. The molecule has 1 N–H and O–H groups in total. The number of nitrogens with one attached hydrogen (secondary N) is 1. The van der Waals surface area contributed by atoms with Crippen molar-refractivity contribution in [3.8, 4) is 0 Å². The molecule has 0 aromatic carbocycles. The quantitative estimate of drug-likeness (QED) is 0.795. The minimum absolute atomic E-state index is 0.297. The first kappa shape index (κ1) is 15.5. The average molecular weight is 312 g/mol. The fraction of sp³-hybridized carbons (Fsp3) is 0.533. The highest BCUT2D eigenvalue weighted by molar-refractivity contribution is 7.16. The molecule has 1 atom stereocenters. The number of rotatable bonds is 7. The zero-order chi connectivity index (χ0) is 14.5. The normalized spacial score (nSPS) is 13.1. The molecule has 2 aromatic heterocycles. The Labute approximate surface area is 130 Å². The van der Waals surface area contributed by atoms with Crippen LogP contribution in [0, 0.1) is 0 Å². The van der Waals surface area contributed by atoms with Gasteiger partial charge in [0, 0.05) is 23.7 Å². The van der Waals surface area contributed by atoms with E-state index in [0.717, 1.165) is 29.4 Å². The van der Waals surface area contributed by atoms with E-state index in [4.69, 9.17) is 11.6 Å². The molecule has 2 aromatic rings. The molecule has 0 amide bonds. The van der Waals surface area contributed by atoms with E-state index in [1.54, 1.807) is 11.3 Å². The van der Waals surface area contributed by atoms with Gasteiger partial charge in [-0.2, -0.15) is 5.10 Å². The second kappa shape index (κ2) is 7.25. The second-order valence-electron chi connectivity index (χ2n) is 5.00. The number of hydrogen-bond acceptors (Lipinski definition) is 3. The van der Waals surface area contributed by atoms with Crippen molar-refractivity contribution in [2.45, 2.75) is 52.2 Å². The molecule has 3 nitrogen and oxygen atoms in total. The molecule has 5 heteroatoms. The number of halogens is 1. The third-order valence-corrected chi connectivity index (χ3v) is 5.00. The van der Waals surface area contributed by atoms with Crippen molar-refractivity contribution in [2.24, 2.45) is 0 Å². The summed E-state index contributed by atoms with van der Waals surface area (Å²) in [6.07, 6.45) is 4.33. The minimum atomic E-state index is 0.297. The molecule has 0 aliphatic carbocycles. The number of aromatic nitrogens is 2. The van der Waals surface area contributed by atoms with Gasteiger partial charge >= 0.3 is 0 Å². The highest BCUT2D eigenvalue weighted by atomic mass is 35.5.